The van der Waals surface area contributed by atoms with Crippen molar-refractivity contribution in [2.75, 3.05) is 13.6 Å². The molecule has 1 radical (unpaired) electrons. The van der Waals surface area contributed by atoms with Crippen LogP contribution in [0.5, 0.6) is 0 Å². The van der Waals surface area contributed by atoms with Crippen LogP contribution >= 0.6 is 0 Å². The first kappa shape index (κ1) is 11.3. The van der Waals surface area contributed by atoms with Crippen LogP contribution in [0.15, 0.2) is 0 Å². The Kier molecular flexibility index (Phi) is 7.86. The zero-order valence-corrected chi connectivity index (χ0v) is 8.19. The third-order valence-corrected chi connectivity index (χ3v) is 0.900. The largest absolute Gasteiger partial charge is 0.371 e. The zero-order chi connectivity index (χ0) is 5.86. The third-order valence-electron chi connectivity index (χ3n) is 0.900. The van der Waals surface area contributed by atoms with Gasteiger partial charge in [0, 0.05) is 46.3 Å². The van der Waals surface area contributed by atoms with Crippen LogP contribution in [0.4, 0.5) is 0 Å². The molecule has 1 amide bonds. The molecule has 0 aromatic rings. The van der Waals surface area contributed by atoms with Crippen LogP contribution in [0.2, 0.25) is 0 Å². The van der Waals surface area contributed by atoms with Crippen molar-refractivity contribution in [2.45, 2.75) is 6.92 Å². The van der Waals surface area contributed by atoms with E-state index in [1.807, 2.05) is 6.92 Å². The maximum Gasteiger partial charge on any atom is 0.0820 e. The smallest absolute Gasteiger partial charge is 0.0820 e. The van der Waals surface area contributed by atoms with Gasteiger partial charge in [0.2, 0.25) is 0 Å². The van der Waals surface area contributed by atoms with Crippen LogP contribution in [-0.2, 0) is 37.5 Å². The van der Waals surface area contributed by atoms with Crippen LogP contribution in [0.1, 0.15) is 6.92 Å². The number of amides is 1. The van der Waals surface area contributed by atoms with Crippen molar-refractivity contribution in [3.8, 4) is 0 Å². The molecule has 2 nitrogen and oxygen atoms in total. The maximum absolute atomic E-state index is 10.2. The summed E-state index contributed by atoms with van der Waals surface area (Å²) in [5, 5.41) is 0. The van der Waals surface area contributed by atoms with E-state index in [4.69, 9.17) is 0 Å². The van der Waals surface area contributed by atoms with Crippen LogP contribution in [-0.4, -0.2) is 24.4 Å². The Balaban J connectivity index is 0. The summed E-state index contributed by atoms with van der Waals surface area (Å²) >= 11 is 0. The second-order valence-corrected chi connectivity index (χ2v) is 1.41. The van der Waals surface area contributed by atoms with Gasteiger partial charge in [0.15, 0.2) is 0 Å². The molecule has 0 saturated carbocycles. The molecule has 0 aliphatic carbocycles. The molecule has 0 aromatic heterocycles. The minimum Gasteiger partial charge on any atom is -0.371 e. The van der Waals surface area contributed by atoms with Gasteiger partial charge in [0.1, 0.15) is 0 Å². The number of nitrogens with zero attached hydrogens (tertiary/aromatic N) is 1. The molecule has 0 spiro atoms. The predicted octanol–water partition coefficient (Wildman–Crippen LogP) is 0.296. The monoisotopic (exact) mass is 189 g/mol. The topological polar surface area (TPSA) is 20.3 Å². The number of rotatable bonds is 1. The van der Waals surface area contributed by atoms with Crippen molar-refractivity contribution in [1.29, 1.82) is 0 Å². The van der Waals surface area contributed by atoms with E-state index in [0.717, 1.165) is 6.54 Å². The van der Waals surface area contributed by atoms with Crippen molar-refractivity contribution in [1.82, 2.24) is 4.90 Å². The van der Waals surface area contributed by atoms with Gasteiger partial charge >= 0.3 is 0 Å². The van der Waals surface area contributed by atoms with E-state index in [0.29, 0.717) is 0 Å². The second-order valence-electron chi connectivity index (χ2n) is 1.41. The summed E-state index contributed by atoms with van der Waals surface area (Å²) in [6.45, 7) is 5.84. The summed E-state index contributed by atoms with van der Waals surface area (Å²) in [5.41, 5.74) is 0. The van der Waals surface area contributed by atoms with E-state index in [-0.39, 0.29) is 38.6 Å². The third kappa shape index (κ3) is 4.60. The number of hydrogen-bond donors (Lipinski definition) is 0. The molecular weight excluding hydrogens is 179 g/mol. The van der Waals surface area contributed by atoms with Gasteiger partial charge < -0.3 is 16.6 Å². The fraction of sp³-hybridized carbons (Fsp3) is 0.600. The Labute approximate surface area is 75.5 Å². The van der Waals surface area contributed by atoms with Gasteiger partial charge in [-0.1, -0.05) is 0 Å². The summed E-state index contributed by atoms with van der Waals surface area (Å²) in [4.78, 5) is 11.7. The van der Waals surface area contributed by atoms with Gasteiger partial charge in [0.25, 0.3) is 0 Å². The molecule has 0 saturated heterocycles. The Bertz CT molecular complexity index is 74.8. The molecule has 0 atom stereocenters. The van der Waals surface area contributed by atoms with E-state index in [2.05, 4.69) is 6.92 Å². The summed E-state index contributed by atoms with van der Waals surface area (Å²) in [7, 11) is 1.72. The van der Waals surface area contributed by atoms with Gasteiger partial charge in [0.05, 0.1) is 5.91 Å². The zero-order valence-electron chi connectivity index (χ0n) is 5.35. The van der Waals surface area contributed by atoms with Gasteiger partial charge in [-0.2, -0.15) is 0 Å². The van der Waals surface area contributed by atoms with Gasteiger partial charge in [-0.15, -0.1) is 0 Å². The summed E-state index contributed by atoms with van der Waals surface area (Å²) in [6, 6.07) is 0. The first-order valence-electron chi connectivity index (χ1n) is 2.25. The molecule has 0 unspecified atom stereocenters. The molecular formula is C5H10NOY-. The summed E-state index contributed by atoms with van der Waals surface area (Å²) < 4.78 is 0. The van der Waals surface area contributed by atoms with Crippen LogP contribution in [0, 0.1) is 6.92 Å². The van der Waals surface area contributed by atoms with Crippen LogP contribution in [0.25, 0.3) is 0 Å². The minimum atomic E-state index is -0.123. The van der Waals surface area contributed by atoms with Crippen LogP contribution < -0.4 is 0 Å². The average molecular weight is 189 g/mol. The van der Waals surface area contributed by atoms with Crippen molar-refractivity contribution in [2.24, 2.45) is 0 Å². The molecule has 3 heteroatoms. The molecule has 0 rings (SSSR count). The van der Waals surface area contributed by atoms with Crippen molar-refractivity contribution < 1.29 is 37.5 Å². The van der Waals surface area contributed by atoms with Gasteiger partial charge in [-0.05, 0) is 6.92 Å². The minimum absolute atomic E-state index is 0. The maximum atomic E-state index is 10.2. The fourth-order valence-electron chi connectivity index (χ4n) is 0.176. The number of carbonyl (C=O) groups is 1. The van der Waals surface area contributed by atoms with E-state index < -0.39 is 0 Å². The quantitative estimate of drug-likeness (QED) is 0.543. The normalized spacial score (nSPS) is 7.25. The predicted molar refractivity (Wildman–Crippen MR) is 28.7 cm³/mol. The van der Waals surface area contributed by atoms with Crippen molar-refractivity contribution in [3.05, 3.63) is 6.92 Å². The SMILES string of the molecule is [CH2-]C(=O)N(C)CC.[Y]. The molecule has 0 aliphatic heterocycles. The summed E-state index contributed by atoms with van der Waals surface area (Å²) in [6.07, 6.45) is 0. The molecule has 0 bridgehead atoms. The van der Waals surface area contributed by atoms with Gasteiger partial charge in [-0.3, -0.25) is 0 Å². The second kappa shape index (κ2) is 5.58. The molecule has 45 valence electrons. The number of hydrogen-bond acceptors (Lipinski definition) is 1. The first-order valence-corrected chi connectivity index (χ1v) is 2.25. The molecule has 0 aromatic carbocycles. The summed E-state index contributed by atoms with van der Waals surface area (Å²) in [5.74, 6) is -0.123. The Morgan fingerprint density at radius 3 is 2.12 bits per heavy atom. The molecule has 0 fully saturated rings. The van der Waals surface area contributed by atoms with Crippen molar-refractivity contribution >= 4 is 5.91 Å². The molecule has 8 heavy (non-hydrogen) atoms. The van der Waals surface area contributed by atoms with Gasteiger partial charge in [-0.25, -0.2) is 0 Å². The van der Waals surface area contributed by atoms with E-state index in [1.54, 1.807) is 11.9 Å². The molecule has 0 aliphatic rings. The standard InChI is InChI=1S/C5H10NO.Y/c1-4-6(3)5(2)7;/h2,4H2,1,3H3;/q-1;. The fourth-order valence-corrected chi connectivity index (χ4v) is 0.176. The Hall–Kier alpha value is 0.444. The first-order chi connectivity index (χ1) is 3.18. The molecule has 0 N–H and O–H groups in total. The average Bonchev–Trinajstić information content (AvgIpc) is 1.65. The number of carbonyl (C=O) groups excluding carboxylic acids is 1. The van der Waals surface area contributed by atoms with Crippen LogP contribution in [0.3, 0.4) is 0 Å². The Morgan fingerprint density at radius 1 is 1.75 bits per heavy atom. The Morgan fingerprint density at radius 2 is 2.12 bits per heavy atom. The van der Waals surface area contributed by atoms with Crippen molar-refractivity contribution in [3.63, 3.8) is 0 Å². The van der Waals surface area contributed by atoms with E-state index in [1.165, 1.54) is 0 Å². The van der Waals surface area contributed by atoms with E-state index in [9.17, 15) is 4.79 Å². The van der Waals surface area contributed by atoms with E-state index >= 15 is 0 Å². The molecule has 0 heterocycles.